The number of benzene rings is 3. The fourth-order valence-corrected chi connectivity index (χ4v) is 5.52. The monoisotopic (exact) mass is 548 g/mol. The van der Waals surface area contributed by atoms with E-state index in [1.807, 2.05) is 77.7 Å². The molecule has 7 heteroatoms. The predicted octanol–water partition coefficient (Wildman–Crippen LogP) is 6.30. The molecular weight excluding hydrogens is 515 g/mol. The maximum Gasteiger partial charge on any atom is 0.222 e. The first kappa shape index (κ1) is 28.0. The number of carbonyl (C=O) groups is 1. The van der Waals surface area contributed by atoms with Crippen molar-refractivity contribution in [3.05, 3.63) is 100 Å². The number of hydrogen-bond acceptors (Lipinski definition) is 4. The van der Waals surface area contributed by atoms with Gasteiger partial charge in [0.1, 0.15) is 5.41 Å². The Morgan fingerprint density at radius 3 is 2.08 bits per heavy atom. The molecule has 3 aromatic carbocycles. The number of rotatable bonds is 11. The SMILES string of the molecule is N#CC(CCNCCCCC(=O)N1CCN(c2cccc(Cl)c2Cl)CC1)(c1ccccc1)c1ccccc1. The van der Waals surface area contributed by atoms with Crippen LogP contribution in [0.4, 0.5) is 5.69 Å². The van der Waals surface area contributed by atoms with Crippen LogP contribution in [0.15, 0.2) is 78.9 Å². The average Bonchev–Trinajstić information content (AvgIpc) is 2.97. The zero-order chi connectivity index (χ0) is 26.8. The molecule has 1 N–H and O–H groups in total. The van der Waals surface area contributed by atoms with Crippen LogP contribution < -0.4 is 10.2 Å². The Morgan fingerprint density at radius 2 is 1.47 bits per heavy atom. The second kappa shape index (κ2) is 13.7. The Balaban J connectivity index is 1.19. The average molecular weight is 550 g/mol. The minimum atomic E-state index is -0.692. The molecule has 1 fully saturated rings. The molecule has 0 atom stereocenters. The third-order valence-corrected chi connectivity index (χ3v) is 8.11. The third-order valence-electron chi connectivity index (χ3n) is 7.30. The quantitative estimate of drug-likeness (QED) is 0.285. The lowest BCUT2D eigenvalue weighted by molar-refractivity contribution is -0.131. The number of piperazine rings is 1. The van der Waals surface area contributed by atoms with Crippen molar-refractivity contribution in [3.63, 3.8) is 0 Å². The molecule has 3 aromatic rings. The number of halogens is 2. The molecule has 0 aliphatic carbocycles. The van der Waals surface area contributed by atoms with Gasteiger partial charge in [-0.2, -0.15) is 5.26 Å². The van der Waals surface area contributed by atoms with Gasteiger partial charge in [-0.05, 0) is 55.6 Å². The van der Waals surface area contributed by atoms with Gasteiger partial charge < -0.3 is 15.1 Å². The van der Waals surface area contributed by atoms with E-state index in [-0.39, 0.29) is 5.91 Å². The number of nitrogens with zero attached hydrogens (tertiary/aromatic N) is 3. The highest BCUT2D eigenvalue weighted by atomic mass is 35.5. The van der Waals surface area contributed by atoms with Crippen LogP contribution in [0.5, 0.6) is 0 Å². The predicted molar refractivity (Wildman–Crippen MR) is 156 cm³/mol. The minimum absolute atomic E-state index is 0.207. The number of unbranched alkanes of at least 4 members (excludes halogenated alkanes) is 1. The summed E-state index contributed by atoms with van der Waals surface area (Å²) in [6.45, 7) is 4.41. The molecule has 4 rings (SSSR count). The Bertz CT molecular complexity index is 1180. The molecule has 1 aliphatic rings. The van der Waals surface area contributed by atoms with Crippen molar-refractivity contribution in [1.82, 2.24) is 10.2 Å². The maximum absolute atomic E-state index is 12.7. The second-order valence-corrected chi connectivity index (χ2v) is 10.4. The molecule has 1 aliphatic heterocycles. The molecule has 0 spiro atoms. The van der Waals surface area contributed by atoms with E-state index in [0.29, 0.717) is 36.0 Å². The second-order valence-electron chi connectivity index (χ2n) is 9.65. The van der Waals surface area contributed by atoms with Gasteiger partial charge in [0.15, 0.2) is 0 Å². The van der Waals surface area contributed by atoms with Gasteiger partial charge in [0.2, 0.25) is 5.91 Å². The summed E-state index contributed by atoms with van der Waals surface area (Å²) in [5.41, 5.74) is 2.26. The smallest absolute Gasteiger partial charge is 0.222 e. The van der Waals surface area contributed by atoms with Crippen LogP contribution in [0.3, 0.4) is 0 Å². The molecular formula is C31H34Cl2N4O. The first-order valence-corrected chi connectivity index (χ1v) is 14.0. The van der Waals surface area contributed by atoms with E-state index in [9.17, 15) is 10.1 Å². The van der Waals surface area contributed by atoms with E-state index >= 15 is 0 Å². The van der Waals surface area contributed by atoms with E-state index in [1.165, 1.54) is 0 Å². The van der Waals surface area contributed by atoms with Gasteiger partial charge in [-0.25, -0.2) is 0 Å². The lowest BCUT2D eigenvalue weighted by Gasteiger charge is -2.36. The number of nitrogens with one attached hydrogen (secondary N) is 1. The Hall–Kier alpha value is -3.04. The summed E-state index contributed by atoms with van der Waals surface area (Å²) in [4.78, 5) is 16.9. The van der Waals surface area contributed by atoms with Gasteiger partial charge >= 0.3 is 0 Å². The summed E-state index contributed by atoms with van der Waals surface area (Å²) in [6, 6.07) is 28.3. The maximum atomic E-state index is 12.7. The summed E-state index contributed by atoms with van der Waals surface area (Å²) in [5.74, 6) is 0.207. The van der Waals surface area contributed by atoms with Gasteiger partial charge in [-0.3, -0.25) is 4.79 Å². The molecule has 0 radical (unpaired) electrons. The molecule has 1 amide bonds. The largest absolute Gasteiger partial charge is 0.367 e. The number of carbonyl (C=O) groups excluding carboxylic acids is 1. The molecule has 0 bridgehead atoms. The van der Waals surface area contributed by atoms with E-state index in [1.54, 1.807) is 6.07 Å². The number of amides is 1. The lowest BCUT2D eigenvalue weighted by Crippen LogP contribution is -2.48. The van der Waals surface area contributed by atoms with Gasteiger partial charge in [0.05, 0.1) is 21.8 Å². The van der Waals surface area contributed by atoms with Crippen molar-refractivity contribution in [2.24, 2.45) is 0 Å². The molecule has 1 saturated heterocycles. The van der Waals surface area contributed by atoms with Crippen molar-refractivity contribution in [2.75, 3.05) is 44.2 Å². The van der Waals surface area contributed by atoms with E-state index in [2.05, 4.69) is 16.3 Å². The van der Waals surface area contributed by atoms with Gasteiger partial charge in [0.25, 0.3) is 0 Å². The van der Waals surface area contributed by atoms with Crippen molar-refractivity contribution < 1.29 is 4.79 Å². The fraction of sp³-hybridized carbons (Fsp3) is 0.355. The first-order chi connectivity index (χ1) is 18.5. The highest BCUT2D eigenvalue weighted by Gasteiger charge is 2.33. The van der Waals surface area contributed by atoms with Crippen LogP contribution in [-0.2, 0) is 10.2 Å². The van der Waals surface area contributed by atoms with Crippen LogP contribution in [0.2, 0.25) is 10.0 Å². The standard InChI is InChI=1S/C31H34Cl2N4O/c32-27-14-9-15-28(30(27)33)36-20-22-37(23-21-36)29(38)16-7-8-18-35-19-17-31(24-34,25-10-3-1-4-11-25)26-12-5-2-6-13-26/h1-6,9-15,35H,7-8,16-23H2. The lowest BCUT2D eigenvalue weighted by atomic mass is 9.73. The highest BCUT2D eigenvalue weighted by molar-refractivity contribution is 6.43. The normalized spacial score (nSPS) is 13.8. The third kappa shape index (κ3) is 6.69. The molecule has 0 aromatic heterocycles. The van der Waals surface area contributed by atoms with Crippen LogP contribution in [-0.4, -0.2) is 50.1 Å². The first-order valence-electron chi connectivity index (χ1n) is 13.2. The summed E-state index contributed by atoms with van der Waals surface area (Å²) in [5, 5.41) is 14.9. The van der Waals surface area contributed by atoms with Crippen molar-refractivity contribution in [2.45, 2.75) is 31.1 Å². The van der Waals surface area contributed by atoms with Gasteiger partial charge in [-0.15, -0.1) is 0 Å². The van der Waals surface area contributed by atoms with Crippen molar-refractivity contribution >= 4 is 34.8 Å². The summed E-state index contributed by atoms with van der Waals surface area (Å²) in [7, 11) is 0. The van der Waals surface area contributed by atoms with E-state index in [0.717, 1.165) is 55.8 Å². The van der Waals surface area contributed by atoms with Crippen molar-refractivity contribution in [3.8, 4) is 6.07 Å². The molecule has 5 nitrogen and oxygen atoms in total. The molecule has 0 saturated carbocycles. The Kier molecular flexibility index (Phi) is 10.1. The Labute approximate surface area is 236 Å². The van der Waals surface area contributed by atoms with Gasteiger partial charge in [-0.1, -0.05) is 89.9 Å². The number of nitriles is 1. The van der Waals surface area contributed by atoms with Crippen LogP contribution in [0.25, 0.3) is 0 Å². The topological polar surface area (TPSA) is 59.4 Å². The van der Waals surface area contributed by atoms with Crippen LogP contribution in [0, 0.1) is 11.3 Å². The Morgan fingerprint density at radius 1 is 0.842 bits per heavy atom. The number of hydrogen-bond donors (Lipinski definition) is 1. The van der Waals surface area contributed by atoms with Crippen LogP contribution in [0.1, 0.15) is 36.8 Å². The summed E-state index contributed by atoms with van der Waals surface area (Å²) >= 11 is 12.5. The molecule has 1 heterocycles. The van der Waals surface area contributed by atoms with Crippen molar-refractivity contribution in [1.29, 1.82) is 5.26 Å². The van der Waals surface area contributed by atoms with E-state index in [4.69, 9.17) is 23.2 Å². The zero-order valence-electron chi connectivity index (χ0n) is 21.6. The summed E-state index contributed by atoms with van der Waals surface area (Å²) in [6.07, 6.45) is 2.99. The summed E-state index contributed by atoms with van der Waals surface area (Å²) < 4.78 is 0. The fourth-order valence-electron chi connectivity index (χ4n) is 5.10. The van der Waals surface area contributed by atoms with Crippen LogP contribution >= 0.6 is 23.2 Å². The molecule has 38 heavy (non-hydrogen) atoms. The van der Waals surface area contributed by atoms with Gasteiger partial charge in [0, 0.05) is 32.6 Å². The zero-order valence-corrected chi connectivity index (χ0v) is 23.1. The van der Waals surface area contributed by atoms with E-state index < -0.39 is 5.41 Å². The number of anilines is 1. The molecule has 198 valence electrons. The molecule has 0 unspecified atom stereocenters. The minimum Gasteiger partial charge on any atom is -0.367 e. The highest BCUT2D eigenvalue weighted by Crippen LogP contribution is 2.35.